The van der Waals surface area contributed by atoms with E-state index >= 15 is 0 Å². The van der Waals surface area contributed by atoms with E-state index in [0.717, 1.165) is 15.6 Å². The number of nitrogens with zero attached hydrogens (tertiary/aromatic N) is 1. The normalized spacial score (nSPS) is 16.7. The van der Waals surface area contributed by atoms with E-state index in [1.54, 1.807) is 7.05 Å². The fourth-order valence-electron chi connectivity index (χ4n) is 3.21. The Bertz CT molecular complexity index is 1020. The highest BCUT2D eigenvalue weighted by Gasteiger charge is 2.34. The molecular formula is C21H17NO3S2. The second-order valence-corrected chi connectivity index (χ2v) is 8.61. The smallest absolute Gasteiger partial charge is 0.343 e. The predicted octanol–water partition coefficient (Wildman–Crippen LogP) is 5.15. The number of carboxylic acids is 1. The summed E-state index contributed by atoms with van der Waals surface area (Å²) in [6.07, 6.45) is 0.517. The van der Waals surface area contributed by atoms with Gasteiger partial charge in [0.1, 0.15) is 4.91 Å². The standard InChI is InChI=1S/C21H17NO3S2/c1-22(20(23)18-11-14-9-5-6-10-16(14)26-18)15-12-17(27-19(15)21(24)25)13-7-3-2-4-8-13/h2-11,17H,12H2,1H3,(H,24,25). The van der Waals surface area contributed by atoms with Gasteiger partial charge in [-0.2, -0.15) is 0 Å². The first-order valence-corrected chi connectivity index (χ1v) is 10.2. The Hall–Kier alpha value is -2.57. The molecule has 4 nitrogen and oxygen atoms in total. The highest BCUT2D eigenvalue weighted by molar-refractivity contribution is 8.04. The molecule has 2 aromatic carbocycles. The number of hydrogen-bond donors (Lipinski definition) is 1. The SMILES string of the molecule is CN(C(=O)c1cc2ccccc2s1)C1=C(C(=O)O)SC(c2ccccc2)C1. The molecule has 1 N–H and O–H groups in total. The van der Waals surface area contributed by atoms with Crippen LogP contribution in [-0.2, 0) is 4.79 Å². The van der Waals surface area contributed by atoms with Crippen LogP contribution in [0.1, 0.15) is 26.9 Å². The van der Waals surface area contributed by atoms with Gasteiger partial charge in [-0.15, -0.1) is 23.1 Å². The predicted molar refractivity (Wildman–Crippen MR) is 110 cm³/mol. The monoisotopic (exact) mass is 395 g/mol. The fraction of sp³-hybridized carbons (Fsp3) is 0.143. The largest absolute Gasteiger partial charge is 0.477 e. The second kappa shape index (κ2) is 7.21. The number of allylic oxidation sites excluding steroid dienone is 1. The van der Waals surface area contributed by atoms with Crippen LogP contribution in [0, 0.1) is 0 Å². The number of rotatable bonds is 4. The maximum absolute atomic E-state index is 13.0. The summed E-state index contributed by atoms with van der Waals surface area (Å²) in [6, 6.07) is 19.5. The molecule has 1 aliphatic rings. The lowest BCUT2D eigenvalue weighted by Gasteiger charge is -2.19. The summed E-state index contributed by atoms with van der Waals surface area (Å²) < 4.78 is 1.05. The van der Waals surface area contributed by atoms with Crippen LogP contribution in [0.25, 0.3) is 10.1 Å². The van der Waals surface area contributed by atoms with Crippen molar-refractivity contribution < 1.29 is 14.7 Å². The number of thiophene rings is 1. The summed E-state index contributed by atoms with van der Waals surface area (Å²) in [5.41, 5.74) is 1.64. The van der Waals surface area contributed by atoms with Crippen LogP contribution in [0.2, 0.25) is 0 Å². The Morgan fingerprint density at radius 2 is 1.78 bits per heavy atom. The Kier molecular flexibility index (Phi) is 4.76. The quantitative estimate of drug-likeness (QED) is 0.664. The molecule has 0 spiro atoms. The number of benzene rings is 2. The van der Waals surface area contributed by atoms with Crippen LogP contribution in [0.15, 0.2) is 71.3 Å². The number of thioether (sulfide) groups is 1. The number of hydrogen-bond acceptors (Lipinski definition) is 4. The Morgan fingerprint density at radius 3 is 2.48 bits per heavy atom. The van der Waals surface area contributed by atoms with Crippen molar-refractivity contribution in [2.75, 3.05) is 7.05 Å². The van der Waals surface area contributed by atoms with E-state index in [2.05, 4.69) is 0 Å². The third-order valence-electron chi connectivity index (χ3n) is 4.61. The summed E-state index contributed by atoms with van der Waals surface area (Å²) in [4.78, 5) is 27.2. The van der Waals surface area contributed by atoms with Crippen molar-refractivity contribution in [3.05, 3.63) is 81.7 Å². The Balaban J connectivity index is 1.63. The van der Waals surface area contributed by atoms with E-state index in [1.165, 1.54) is 28.0 Å². The lowest BCUT2D eigenvalue weighted by molar-refractivity contribution is -0.131. The molecule has 6 heteroatoms. The maximum Gasteiger partial charge on any atom is 0.343 e. The second-order valence-electron chi connectivity index (χ2n) is 6.31. The number of aliphatic carboxylic acids is 1. The third kappa shape index (κ3) is 3.38. The minimum absolute atomic E-state index is 0.00459. The van der Waals surface area contributed by atoms with Crippen LogP contribution in [0.5, 0.6) is 0 Å². The van der Waals surface area contributed by atoms with E-state index in [1.807, 2.05) is 60.7 Å². The van der Waals surface area contributed by atoms with E-state index in [0.29, 0.717) is 17.0 Å². The van der Waals surface area contributed by atoms with Gasteiger partial charge >= 0.3 is 5.97 Å². The Morgan fingerprint density at radius 1 is 1.07 bits per heavy atom. The first kappa shape index (κ1) is 17.8. The average molecular weight is 396 g/mol. The van der Waals surface area contributed by atoms with Gasteiger partial charge in [0, 0.05) is 29.1 Å². The van der Waals surface area contributed by atoms with Crippen LogP contribution in [0.4, 0.5) is 0 Å². The van der Waals surface area contributed by atoms with Gasteiger partial charge in [0.2, 0.25) is 0 Å². The maximum atomic E-state index is 13.0. The average Bonchev–Trinajstić information content (AvgIpc) is 3.32. The van der Waals surface area contributed by atoms with E-state index < -0.39 is 5.97 Å². The zero-order valence-corrected chi connectivity index (χ0v) is 16.2. The summed E-state index contributed by atoms with van der Waals surface area (Å²) in [5, 5.41) is 10.7. The van der Waals surface area contributed by atoms with Gasteiger partial charge in [-0.25, -0.2) is 4.79 Å². The molecule has 2 heterocycles. The highest BCUT2D eigenvalue weighted by Crippen LogP contribution is 2.48. The van der Waals surface area contributed by atoms with Gasteiger partial charge < -0.3 is 10.0 Å². The van der Waals surface area contributed by atoms with E-state index in [-0.39, 0.29) is 16.1 Å². The minimum atomic E-state index is -0.982. The van der Waals surface area contributed by atoms with Gasteiger partial charge in [-0.05, 0) is 23.1 Å². The summed E-state index contributed by atoms with van der Waals surface area (Å²) in [7, 11) is 1.67. The number of carboxylic acid groups (broad SMARTS) is 1. The van der Waals surface area contributed by atoms with Gasteiger partial charge in [0.25, 0.3) is 5.91 Å². The summed E-state index contributed by atoms with van der Waals surface area (Å²) in [6.45, 7) is 0. The topological polar surface area (TPSA) is 57.6 Å². The Labute approximate surface area is 165 Å². The third-order valence-corrected chi connectivity index (χ3v) is 7.09. The first-order valence-electron chi connectivity index (χ1n) is 8.49. The van der Waals surface area contributed by atoms with E-state index in [9.17, 15) is 14.7 Å². The zero-order chi connectivity index (χ0) is 19.0. The molecule has 27 heavy (non-hydrogen) atoms. The molecule has 136 valence electrons. The molecule has 3 aromatic rings. The molecule has 0 fully saturated rings. The van der Waals surface area contributed by atoms with Crippen molar-refractivity contribution in [2.45, 2.75) is 11.7 Å². The lowest BCUT2D eigenvalue weighted by Crippen LogP contribution is -2.26. The molecule has 1 unspecified atom stereocenters. The molecule has 1 aromatic heterocycles. The summed E-state index contributed by atoms with van der Waals surface area (Å²) >= 11 is 2.75. The first-order chi connectivity index (χ1) is 13.0. The molecule has 0 saturated heterocycles. The van der Waals surface area contributed by atoms with Crippen molar-refractivity contribution in [3.63, 3.8) is 0 Å². The zero-order valence-electron chi connectivity index (χ0n) is 14.6. The molecule has 1 aliphatic heterocycles. The van der Waals surface area contributed by atoms with Crippen molar-refractivity contribution in [2.24, 2.45) is 0 Å². The van der Waals surface area contributed by atoms with Crippen molar-refractivity contribution in [3.8, 4) is 0 Å². The van der Waals surface area contributed by atoms with Crippen LogP contribution in [0.3, 0.4) is 0 Å². The minimum Gasteiger partial charge on any atom is -0.477 e. The number of carbonyl (C=O) groups excluding carboxylic acids is 1. The molecule has 0 aliphatic carbocycles. The molecule has 1 amide bonds. The van der Waals surface area contributed by atoms with Crippen molar-refractivity contribution in [1.82, 2.24) is 4.90 Å². The van der Waals surface area contributed by atoms with Gasteiger partial charge in [-0.3, -0.25) is 4.79 Å². The van der Waals surface area contributed by atoms with Gasteiger partial charge in [-0.1, -0.05) is 48.5 Å². The van der Waals surface area contributed by atoms with Gasteiger partial charge in [0.05, 0.1) is 4.88 Å². The van der Waals surface area contributed by atoms with E-state index in [4.69, 9.17) is 0 Å². The number of fused-ring (bicyclic) bond motifs is 1. The molecule has 0 bridgehead atoms. The molecule has 0 radical (unpaired) electrons. The van der Waals surface area contributed by atoms with Crippen molar-refractivity contribution >= 4 is 45.1 Å². The van der Waals surface area contributed by atoms with Crippen LogP contribution in [-0.4, -0.2) is 28.9 Å². The van der Waals surface area contributed by atoms with Crippen molar-refractivity contribution in [1.29, 1.82) is 0 Å². The molecule has 0 saturated carbocycles. The number of amides is 1. The summed E-state index contributed by atoms with van der Waals surface area (Å²) in [5.74, 6) is -1.15. The molecule has 1 atom stereocenters. The number of carbonyl (C=O) groups is 2. The van der Waals surface area contributed by atoms with Crippen LogP contribution < -0.4 is 0 Å². The lowest BCUT2D eigenvalue weighted by atomic mass is 10.1. The molecule has 4 rings (SSSR count). The van der Waals surface area contributed by atoms with Gasteiger partial charge in [0.15, 0.2) is 0 Å². The highest BCUT2D eigenvalue weighted by atomic mass is 32.2. The molecular weight excluding hydrogens is 378 g/mol. The van der Waals surface area contributed by atoms with Crippen LogP contribution >= 0.6 is 23.1 Å². The fourth-order valence-corrected chi connectivity index (χ4v) is 5.53.